The predicted octanol–water partition coefficient (Wildman–Crippen LogP) is 4.20. The molecule has 1 nitrogen and oxygen atoms in total. The molecule has 2 heteroatoms. The molecule has 18 heavy (non-hydrogen) atoms. The van der Waals surface area contributed by atoms with Gasteiger partial charge in [0.1, 0.15) is 0 Å². The van der Waals surface area contributed by atoms with Gasteiger partial charge < -0.3 is 0 Å². The summed E-state index contributed by atoms with van der Waals surface area (Å²) in [5.41, 5.74) is 4.67. The fourth-order valence-electron chi connectivity index (χ4n) is 2.34. The minimum absolute atomic E-state index is 0.225. The number of benzene rings is 1. The van der Waals surface area contributed by atoms with Crippen LogP contribution in [0.4, 0.5) is 0 Å². The second-order valence-electron chi connectivity index (χ2n) is 7.12. The van der Waals surface area contributed by atoms with Gasteiger partial charge in [-0.25, -0.2) is 0 Å². The van der Waals surface area contributed by atoms with Crippen molar-refractivity contribution in [3.05, 3.63) is 27.0 Å². The molecule has 0 atom stereocenters. The topological polar surface area (TPSA) is 12.9 Å². The Kier molecular flexibility index (Phi) is 3.41. The molecule has 0 saturated carbocycles. The van der Waals surface area contributed by atoms with Crippen molar-refractivity contribution in [3.8, 4) is 0 Å². The number of rotatable bonds is 0. The zero-order valence-electron chi connectivity index (χ0n) is 12.5. The first-order chi connectivity index (χ1) is 8.10. The van der Waals surface area contributed by atoms with Gasteiger partial charge in [0.15, 0.2) is 0 Å². The zero-order valence-corrected chi connectivity index (χ0v) is 14.8. The molecule has 0 amide bonds. The van der Waals surface area contributed by atoms with Crippen molar-refractivity contribution >= 4 is 29.3 Å². The first kappa shape index (κ1) is 14.1. The molecule has 0 N–H and O–H groups in total. The number of aromatic nitrogens is 1. The molecule has 0 spiro atoms. The van der Waals surface area contributed by atoms with Crippen molar-refractivity contribution in [2.75, 3.05) is 0 Å². The van der Waals surface area contributed by atoms with E-state index in [0.29, 0.717) is 0 Å². The van der Waals surface area contributed by atoms with Crippen LogP contribution >= 0.6 is 0 Å². The molecule has 0 radical (unpaired) electrons. The zero-order chi connectivity index (χ0) is 13.7. The van der Waals surface area contributed by atoms with E-state index in [4.69, 9.17) is 4.98 Å². The van der Waals surface area contributed by atoms with Crippen LogP contribution in [0.5, 0.6) is 0 Å². The van der Waals surface area contributed by atoms with Gasteiger partial charge in [0.2, 0.25) is 0 Å². The summed E-state index contributed by atoms with van der Waals surface area (Å²) < 4.78 is 3.02. The molecule has 0 fully saturated rings. The maximum atomic E-state index is 4.91. The molecule has 0 unspecified atom stereocenters. The van der Waals surface area contributed by atoms with Crippen LogP contribution in [0.3, 0.4) is 0 Å². The molecule has 0 aliphatic carbocycles. The summed E-state index contributed by atoms with van der Waals surface area (Å²) in [5, 5.41) is 0. The van der Waals surface area contributed by atoms with E-state index in [9.17, 15) is 0 Å². The van der Waals surface area contributed by atoms with E-state index in [1.54, 1.807) is 8.97 Å². The molecule has 1 heterocycles. The number of fused-ring (bicyclic) bond motifs is 1. The summed E-state index contributed by atoms with van der Waals surface area (Å²) in [6, 6.07) is 4.45. The van der Waals surface area contributed by atoms with Crippen LogP contribution < -0.4 is 0 Å². The Hall–Kier alpha value is -0.320. The van der Waals surface area contributed by atoms with Gasteiger partial charge in [0, 0.05) is 0 Å². The van der Waals surface area contributed by atoms with Gasteiger partial charge in [-0.2, -0.15) is 0 Å². The molecule has 0 aliphatic heterocycles. The van der Waals surface area contributed by atoms with Crippen LogP contribution in [0.1, 0.15) is 56.4 Å². The summed E-state index contributed by atoms with van der Waals surface area (Å²) in [5.74, 6) is 0. The number of nitrogens with zero attached hydrogens (tertiary/aromatic N) is 1. The van der Waals surface area contributed by atoms with Crippen molar-refractivity contribution < 1.29 is 0 Å². The Morgan fingerprint density at radius 2 is 1.56 bits per heavy atom. The summed E-state index contributed by atoms with van der Waals surface area (Å²) in [6.07, 6.45) is 0. The van der Waals surface area contributed by atoms with Crippen molar-refractivity contribution in [3.63, 3.8) is 0 Å². The van der Waals surface area contributed by atoms with Crippen LogP contribution in [-0.2, 0) is 10.8 Å². The van der Waals surface area contributed by atoms with Gasteiger partial charge in [-0.1, -0.05) is 0 Å². The summed E-state index contributed by atoms with van der Waals surface area (Å²) in [7, 11) is 0. The van der Waals surface area contributed by atoms with Crippen LogP contribution in [0.2, 0.25) is 0 Å². The molecule has 2 aromatic rings. The van der Waals surface area contributed by atoms with Crippen molar-refractivity contribution in [2.24, 2.45) is 0 Å². The van der Waals surface area contributed by atoms with Gasteiger partial charge in [-0.15, -0.1) is 0 Å². The third-order valence-electron chi connectivity index (χ3n) is 3.16. The predicted molar refractivity (Wildman–Crippen MR) is 80.8 cm³/mol. The Labute approximate surface area is 120 Å². The van der Waals surface area contributed by atoms with Gasteiger partial charge in [0.05, 0.1) is 0 Å². The first-order valence-corrected chi connectivity index (χ1v) is 8.85. The second kappa shape index (κ2) is 4.36. The van der Waals surface area contributed by atoms with E-state index < -0.39 is 0 Å². The van der Waals surface area contributed by atoms with E-state index in [1.807, 2.05) is 0 Å². The molecule has 0 bridgehead atoms. The van der Waals surface area contributed by atoms with Crippen molar-refractivity contribution in [2.45, 2.75) is 59.3 Å². The quantitative estimate of drug-likeness (QED) is 0.645. The van der Waals surface area contributed by atoms with E-state index in [1.165, 1.54) is 14.8 Å². The van der Waals surface area contributed by atoms with Crippen molar-refractivity contribution in [1.82, 2.24) is 4.98 Å². The Morgan fingerprint density at radius 3 is 2.06 bits per heavy atom. The number of aryl methyl sites for hydroxylation is 1. The Balaban J connectivity index is 2.78. The van der Waals surface area contributed by atoms with E-state index in [-0.39, 0.29) is 31.3 Å². The number of hydrogen-bond donors (Lipinski definition) is 0. The van der Waals surface area contributed by atoms with Gasteiger partial charge in [-0.05, 0) is 0 Å². The van der Waals surface area contributed by atoms with Gasteiger partial charge in [0.25, 0.3) is 0 Å². The molecule has 0 aliphatic rings. The van der Waals surface area contributed by atoms with Crippen LogP contribution in [0, 0.1) is 6.92 Å². The maximum absolute atomic E-state index is 4.91. The third kappa shape index (κ3) is 2.51. The van der Waals surface area contributed by atoms with Crippen molar-refractivity contribution in [1.29, 1.82) is 0 Å². The molecule has 2 rings (SSSR count). The summed E-state index contributed by atoms with van der Waals surface area (Å²) >= 11 is -0.289. The molecule has 1 aromatic carbocycles. The van der Waals surface area contributed by atoms with Gasteiger partial charge in [-0.3, -0.25) is 0 Å². The van der Waals surface area contributed by atoms with Gasteiger partial charge >= 0.3 is 121 Å². The first-order valence-electron chi connectivity index (χ1n) is 6.52. The normalized spacial score (nSPS) is 13.3. The third-order valence-corrected chi connectivity index (χ3v) is 7.48. The molecular weight excluding hydrogens is 334 g/mol. The standard InChI is InChI=1S/C16H23NTe/c1-10-8-9-11-13(12(10)15(2,3)4)18-14(17-11)16(5,6)7/h8-9H,1-7H3. The van der Waals surface area contributed by atoms with E-state index in [0.717, 1.165) is 0 Å². The van der Waals surface area contributed by atoms with E-state index >= 15 is 0 Å². The molecule has 0 saturated heterocycles. The fraction of sp³-hybridized carbons (Fsp3) is 0.562. The summed E-state index contributed by atoms with van der Waals surface area (Å²) in [4.78, 5) is 4.91. The van der Waals surface area contributed by atoms with E-state index in [2.05, 4.69) is 60.6 Å². The molecular formula is C16H23NTe. The van der Waals surface area contributed by atoms with Crippen LogP contribution in [0.25, 0.3) is 8.92 Å². The average Bonchev–Trinajstić information content (AvgIpc) is 2.57. The molecule has 1 aromatic heterocycles. The fourth-order valence-corrected chi connectivity index (χ4v) is 6.43. The van der Waals surface area contributed by atoms with Crippen LogP contribution in [0.15, 0.2) is 12.1 Å². The molecule has 98 valence electrons. The Morgan fingerprint density at radius 1 is 0.944 bits per heavy atom. The average molecular weight is 357 g/mol. The monoisotopic (exact) mass is 359 g/mol. The minimum atomic E-state index is -0.289. The van der Waals surface area contributed by atoms with Crippen LogP contribution in [-0.4, -0.2) is 25.4 Å². The second-order valence-corrected chi connectivity index (χ2v) is 9.98. The SMILES string of the molecule is Cc1ccc2nc(C(C)(C)C)[te]c2c1C(C)(C)C. The number of hydrogen-bond acceptors (Lipinski definition) is 1. The Bertz CT molecular complexity index is 579. The summed E-state index contributed by atoms with van der Waals surface area (Å²) in [6.45, 7) is 16.0.